The van der Waals surface area contributed by atoms with Gasteiger partial charge >= 0.3 is 0 Å². The van der Waals surface area contributed by atoms with Crippen LogP contribution in [0.3, 0.4) is 0 Å². The van der Waals surface area contributed by atoms with Gasteiger partial charge in [-0.3, -0.25) is 0 Å². The Morgan fingerprint density at radius 3 is 2.42 bits per heavy atom. The van der Waals surface area contributed by atoms with E-state index in [-0.39, 0.29) is 5.03 Å². The maximum Gasteiger partial charge on any atom is 0.260 e. The van der Waals surface area contributed by atoms with Gasteiger partial charge in [0, 0.05) is 25.8 Å². The second-order valence-corrected chi connectivity index (χ2v) is 7.36. The lowest BCUT2D eigenvalue weighted by Gasteiger charge is -2.33. The van der Waals surface area contributed by atoms with Crippen molar-refractivity contribution >= 4 is 10.0 Å². The largest absolute Gasteiger partial charge is 0.326 e. The molecule has 6 heteroatoms. The average Bonchev–Trinajstić information content (AvgIpc) is 2.37. The standard InChI is InChI=1S/C13H21N3O2S/c1-10-5-11(2)9-16(8-10)19(17,18)13-4-3-12(6-14)7-15-13/h3-4,7,10-11H,5-6,8-9,14H2,1-2H3. The van der Waals surface area contributed by atoms with Crippen LogP contribution in [0.25, 0.3) is 0 Å². The Bertz CT molecular complexity index is 517. The molecule has 2 heterocycles. The van der Waals surface area contributed by atoms with Gasteiger partial charge in [-0.05, 0) is 29.9 Å². The molecule has 1 aromatic heterocycles. The Kier molecular flexibility index (Phi) is 4.23. The van der Waals surface area contributed by atoms with Crippen LogP contribution in [-0.4, -0.2) is 30.8 Å². The SMILES string of the molecule is CC1CC(C)CN(S(=O)(=O)c2ccc(CN)cn2)C1. The molecule has 1 aromatic rings. The third kappa shape index (κ3) is 3.13. The summed E-state index contributed by atoms with van der Waals surface area (Å²) in [7, 11) is -3.47. The quantitative estimate of drug-likeness (QED) is 0.904. The molecule has 0 aliphatic carbocycles. The molecule has 0 saturated carbocycles. The second kappa shape index (κ2) is 5.56. The molecule has 1 saturated heterocycles. The van der Waals surface area contributed by atoms with E-state index in [0.717, 1.165) is 12.0 Å². The third-order valence-corrected chi connectivity index (χ3v) is 5.22. The van der Waals surface area contributed by atoms with Gasteiger partial charge in [-0.25, -0.2) is 13.4 Å². The van der Waals surface area contributed by atoms with Crippen LogP contribution in [0.1, 0.15) is 25.8 Å². The molecule has 19 heavy (non-hydrogen) atoms. The monoisotopic (exact) mass is 283 g/mol. The first-order chi connectivity index (χ1) is 8.93. The van der Waals surface area contributed by atoms with Crippen LogP contribution in [0.5, 0.6) is 0 Å². The summed E-state index contributed by atoms with van der Waals surface area (Å²) in [4.78, 5) is 4.04. The number of hydrogen-bond donors (Lipinski definition) is 1. The predicted molar refractivity (Wildman–Crippen MR) is 73.8 cm³/mol. The Hall–Kier alpha value is -0.980. The molecule has 5 nitrogen and oxygen atoms in total. The Morgan fingerprint density at radius 2 is 1.95 bits per heavy atom. The molecule has 1 fully saturated rings. The summed E-state index contributed by atoms with van der Waals surface area (Å²) in [6.07, 6.45) is 2.61. The summed E-state index contributed by atoms with van der Waals surface area (Å²) >= 11 is 0. The molecule has 2 N–H and O–H groups in total. The summed E-state index contributed by atoms with van der Waals surface area (Å²) in [5.41, 5.74) is 6.32. The molecule has 106 valence electrons. The molecule has 1 aliphatic heterocycles. The summed E-state index contributed by atoms with van der Waals surface area (Å²) in [6, 6.07) is 3.26. The first-order valence-corrected chi connectivity index (χ1v) is 8.02. The number of aromatic nitrogens is 1. The summed E-state index contributed by atoms with van der Waals surface area (Å²) in [6.45, 7) is 5.69. The van der Waals surface area contributed by atoms with Crippen molar-refractivity contribution in [3.05, 3.63) is 23.9 Å². The predicted octanol–water partition coefficient (Wildman–Crippen LogP) is 1.21. The maximum absolute atomic E-state index is 12.5. The highest BCUT2D eigenvalue weighted by molar-refractivity contribution is 7.89. The summed E-state index contributed by atoms with van der Waals surface area (Å²) < 4.78 is 26.6. The molecular weight excluding hydrogens is 262 g/mol. The molecule has 0 bridgehead atoms. The van der Waals surface area contributed by atoms with E-state index in [1.54, 1.807) is 16.4 Å². The van der Waals surface area contributed by atoms with Crippen molar-refractivity contribution in [1.82, 2.24) is 9.29 Å². The molecule has 2 unspecified atom stereocenters. The van der Waals surface area contributed by atoms with E-state index in [9.17, 15) is 8.42 Å². The van der Waals surface area contributed by atoms with Crippen molar-refractivity contribution in [2.75, 3.05) is 13.1 Å². The fourth-order valence-electron chi connectivity index (χ4n) is 2.62. The third-order valence-electron chi connectivity index (χ3n) is 3.47. The smallest absolute Gasteiger partial charge is 0.260 e. The van der Waals surface area contributed by atoms with Crippen LogP contribution in [0.15, 0.2) is 23.4 Å². The van der Waals surface area contributed by atoms with Crippen molar-refractivity contribution < 1.29 is 8.42 Å². The zero-order chi connectivity index (χ0) is 14.0. The molecular formula is C13H21N3O2S. The minimum atomic E-state index is -3.47. The van der Waals surface area contributed by atoms with Crippen LogP contribution in [0.4, 0.5) is 0 Å². The fourth-order valence-corrected chi connectivity index (χ4v) is 4.21. The number of nitrogens with two attached hydrogens (primary N) is 1. The molecule has 0 spiro atoms. The number of nitrogens with zero attached hydrogens (tertiary/aromatic N) is 2. The highest BCUT2D eigenvalue weighted by atomic mass is 32.2. The van der Waals surface area contributed by atoms with Gasteiger partial charge in [0.1, 0.15) is 0 Å². The number of sulfonamides is 1. The van der Waals surface area contributed by atoms with Crippen LogP contribution in [-0.2, 0) is 16.6 Å². The van der Waals surface area contributed by atoms with Gasteiger partial charge in [-0.1, -0.05) is 19.9 Å². The van der Waals surface area contributed by atoms with E-state index in [1.807, 2.05) is 0 Å². The summed E-state index contributed by atoms with van der Waals surface area (Å²) in [5.74, 6) is 0.781. The lowest BCUT2D eigenvalue weighted by Crippen LogP contribution is -2.42. The first kappa shape index (κ1) is 14.4. The van der Waals surface area contributed by atoms with Crippen molar-refractivity contribution in [3.63, 3.8) is 0 Å². The van der Waals surface area contributed by atoms with Crippen LogP contribution >= 0.6 is 0 Å². The lowest BCUT2D eigenvalue weighted by molar-refractivity contribution is 0.222. The number of piperidine rings is 1. The second-order valence-electron chi connectivity index (χ2n) is 5.48. The first-order valence-electron chi connectivity index (χ1n) is 6.58. The minimum absolute atomic E-state index is 0.117. The van der Waals surface area contributed by atoms with Gasteiger partial charge in [0.05, 0.1) is 0 Å². The molecule has 1 aliphatic rings. The Morgan fingerprint density at radius 1 is 1.32 bits per heavy atom. The molecule has 0 radical (unpaired) electrons. The van der Waals surface area contributed by atoms with Gasteiger partial charge in [0.2, 0.25) is 0 Å². The number of hydrogen-bond acceptors (Lipinski definition) is 4. The topological polar surface area (TPSA) is 76.3 Å². The number of rotatable bonds is 3. The van der Waals surface area contributed by atoms with Crippen LogP contribution in [0, 0.1) is 11.8 Å². The molecule has 0 aromatic carbocycles. The van der Waals surface area contributed by atoms with Crippen molar-refractivity contribution in [3.8, 4) is 0 Å². The van der Waals surface area contributed by atoms with Crippen LogP contribution in [0.2, 0.25) is 0 Å². The van der Waals surface area contributed by atoms with Gasteiger partial charge < -0.3 is 5.73 Å². The van der Waals surface area contributed by atoms with Gasteiger partial charge in [0.15, 0.2) is 5.03 Å². The molecule has 2 rings (SSSR count). The van der Waals surface area contributed by atoms with Crippen LogP contribution < -0.4 is 5.73 Å². The highest BCUT2D eigenvalue weighted by Gasteiger charge is 2.32. The minimum Gasteiger partial charge on any atom is -0.326 e. The van der Waals surface area contributed by atoms with Gasteiger partial charge in [0.25, 0.3) is 10.0 Å². The van der Waals surface area contributed by atoms with Crippen molar-refractivity contribution in [2.45, 2.75) is 31.8 Å². The van der Waals surface area contributed by atoms with Crippen molar-refractivity contribution in [2.24, 2.45) is 17.6 Å². The van der Waals surface area contributed by atoms with Gasteiger partial charge in [-0.2, -0.15) is 4.31 Å². The van der Waals surface area contributed by atoms with E-state index >= 15 is 0 Å². The number of pyridine rings is 1. The van der Waals surface area contributed by atoms with Crippen molar-refractivity contribution in [1.29, 1.82) is 0 Å². The zero-order valence-electron chi connectivity index (χ0n) is 11.4. The normalized spacial score (nSPS) is 25.4. The maximum atomic E-state index is 12.5. The lowest BCUT2D eigenvalue weighted by atomic mass is 9.94. The summed E-state index contributed by atoms with van der Waals surface area (Å²) in [5, 5.41) is 0.117. The Labute approximate surface area is 114 Å². The van der Waals surface area contributed by atoms with E-state index in [4.69, 9.17) is 5.73 Å². The van der Waals surface area contributed by atoms with E-state index in [2.05, 4.69) is 18.8 Å². The van der Waals surface area contributed by atoms with E-state index in [1.165, 1.54) is 6.20 Å². The zero-order valence-corrected chi connectivity index (χ0v) is 12.2. The van der Waals surface area contributed by atoms with Gasteiger partial charge in [-0.15, -0.1) is 0 Å². The fraction of sp³-hybridized carbons (Fsp3) is 0.615. The molecule has 0 amide bonds. The van der Waals surface area contributed by atoms with E-state index < -0.39 is 10.0 Å². The average molecular weight is 283 g/mol. The van der Waals surface area contributed by atoms with E-state index in [0.29, 0.717) is 31.5 Å². The molecule has 2 atom stereocenters. The Balaban J connectivity index is 2.25. The highest BCUT2D eigenvalue weighted by Crippen LogP contribution is 2.25.